The summed E-state index contributed by atoms with van der Waals surface area (Å²) in [6.45, 7) is 5.80. The van der Waals surface area contributed by atoms with Crippen LogP contribution in [0, 0.1) is 0 Å². The molecule has 0 bridgehead atoms. The molecule has 0 saturated carbocycles. The van der Waals surface area contributed by atoms with Crippen LogP contribution in [-0.2, 0) is 10.3 Å². The van der Waals surface area contributed by atoms with Gasteiger partial charge in [-0.25, -0.2) is 0 Å². The highest BCUT2D eigenvalue weighted by molar-refractivity contribution is 5.02. The number of methoxy groups -OCH3 is 1. The van der Waals surface area contributed by atoms with Crippen molar-refractivity contribution in [2.45, 2.75) is 31.8 Å². The van der Waals surface area contributed by atoms with E-state index in [9.17, 15) is 0 Å². The van der Waals surface area contributed by atoms with Crippen molar-refractivity contribution >= 4 is 0 Å². The third-order valence-electron chi connectivity index (χ3n) is 2.90. The first-order chi connectivity index (χ1) is 7.13. The zero-order chi connectivity index (χ0) is 10.9. The molecular weight excluding hydrogens is 194 g/mol. The third-order valence-corrected chi connectivity index (χ3v) is 2.90. The molecule has 1 aliphatic rings. The van der Waals surface area contributed by atoms with Crippen molar-refractivity contribution in [1.29, 1.82) is 0 Å². The topological polar surface area (TPSA) is 60.2 Å². The molecule has 0 amide bonds. The highest BCUT2D eigenvalue weighted by Gasteiger charge is 2.29. The molecule has 0 aromatic carbocycles. The molecule has 1 aromatic heterocycles. The normalized spacial score (nSPS) is 22.2. The Hall–Kier alpha value is -0.940. The smallest absolute Gasteiger partial charge is 0.231 e. The second kappa shape index (κ2) is 3.90. The number of nitrogens with one attached hydrogen (secondary N) is 1. The summed E-state index contributed by atoms with van der Waals surface area (Å²) in [4.78, 5) is 4.39. The van der Waals surface area contributed by atoms with Crippen molar-refractivity contribution < 1.29 is 9.26 Å². The van der Waals surface area contributed by atoms with Crippen LogP contribution < -0.4 is 5.32 Å². The van der Waals surface area contributed by atoms with Crippen molar-refractivity contribution in [3.8, 4) is 0 Å². The van der Waals surface area contributed by atoms with Crippen molar-refractivity contribution in [1.82, 2.24) is 15.5 Å². The summed E-state index contributed by atoms with van der Waals surface area (Å²) in [6, 6.07) is 0. The Labute approximate surface area is 89.2 Å². The molecular formula is C10H17N3O2. The van der Waals surface area contributed by atoms with Gasteiger partial charge in [0.1, 0.15) is 5.60 Å². The van der Waals surface area contributed by atoms with E-state index in [4.69, 9.17) is 9.26 Å². The molecule has 1 N–H and O–H groups in total. The first-order valence-corrected chi connectivity index (χ1v) is 5.23. The Morgan fingerprint density at radius 1 is 1.53 bits per heavy atom. The van der Waals surface area contributed by atoms with Gasteiger partial charge in [-0.3, -0.25) is 0 Å². The van der Waals surface area contributed by atoms with Gasteiger partial charge in [0.05, 0.1) is 5.92 Å². The van der Waals surface area contributed by atoms with Crippen LogP contribution in [0.1, 0.15) is 37.9 Å². The molecule has 2 heterocycles. The molecule has 1 atom stereocenters. The maximum absolute atomic E-state index is 5.30. The summed E-state index contributed by atoms with van der Waals surface area (Å²) in [5, 5.41) is 7.24. The van der Waals surface area contributed by atoms with E-state index in [1.807, 2.05) is 13.8 Å². The molecule has 0 spiro atoms. The highest BCUT2D eigenvalue weighted by atomic mass is 16.5. The third kappa shape index (κ3) is 2.03. The predicted octanol–water partition coefficient (Wildman–Crippen LogP) is 1.03. The number of hydrogen-bond donors (Lipinski definition) is 1. The summed E-state index contributed by atoms with van der Waals surface area (Å²) < 4.78 is 10.6. The summed E-state index contributed by atoms with van der Waals surface area (Å²) in [7, 11) is 1.65. The van der Waals surface area contributed by atoms with E-state index in [1.165, 1.54) is 0 Å². The van der Waals surface area contributed by atoms with Crippen LogP contribution >= 0.6 is 0 Å². The second-order valence-electron chi connectivity index (χ2n) is 4.36. The molecule has 1 saturated heterocycles. The van der Waals surface area contributed by atoms with Gasteiger partial charge >= 0.3 is 0 Å². The lowest BCUT2D eigenvalue weighted by atomic mass is 10.1. The molecule has 1 fully saturated rings. The molecule has 5 heteroatoms. The van der Waals surface area contributed by atoms with Crippen LogP contribution in [0.5, 0.6) is 0 Å². The van der Waals surface area contributed by atoms with E-state index < -0.39 is 5.60 Å². The van der Waals surface area contributed by atoms with Gasteiger partial charge in [-0.2, -0.15) is 4.98 Å². The highest BCUT2D eigenvalue weighted by Crippen LogP contribution is 2.25. The first-order valence-electron chi connectivity index (χ1n) is 5.23. The molecule has 1 aliphatic heterocycles. The first kappa shape index (κ1) is 10.6. The van der Waals surface area contributed by atoms with Gasteiger partial charge in [-0.1, -0.05) is 5.16 Å². The number of nitrogens with zero attached hydrogens (tertiary/aromatic N) is 2. The largest absolute Gasteiger partial charge is 0.371 e. The van der Waals surface area contributed by atoms with Gasteiger partial charge in [0, 0.05) is 13.7 Å². The molecule has 0 radical (unpaired) electrons. The zero-order valence-electron chi connectivity index (χ0n) is 9.41. The van der Waals surface area contributed by atoms with Gasteiger partial charge in [-0.15, -0.1) is 0 Å². The van der Waals surface area contributed by atoms with Crippen LogP contribution in [0.15, 0.2) is 4.52 Å². The van der Waals surface area contributed by atoms with Crippen molar-refractivity contribution in [3.05, 3.63) is 11.7 Å². The van der Waals surface area contributed by atoms with E-state index in [-0.39, 0.29) is 0 Å². The van der Waals surface area contributed by atoms with Crippen LogP contribution in [0.4, 0.5) is 0 Å². The molecule has 1 unspecified atom stereocenters. The second-order valence-corrected chi connectivity index (χ2v) is 4.36. The standard InChI is InChI=1S/C10H17N3O2/c1-10(2,14-3)9-12-8(15-13-9)7-4-5-11-6-7/h7,11H,4-6H2,1-3H3. The number of aromatic nitrogens is 2. The van der Waals surface area contributed by atoms with Crippen molar-refractivity contribution in [3.63, 3.8) is 0 Å². The summed E-state index contributed by atoms with van der Waals surface area (Å²) >= 11 is 0. The Kier molecular flexibility index (Phi) is 2.75. The molecule has 0 aliphatic carbocycles. The monoisotopic (exact) mass is 211 g/mol. The Balaban J connectivity index is 2.16. The van der Waals surface area contributed by atoms with Gasteiger partial charge < -0.3 is 14.6 Å². The SMILES string of the molecule is COC(C)(C)c1noc(C2CCNC2)n1. The van der Waals surface area contributed by atoms with E-state index in [0.29, 0.717) is 11.7 Å². The van der Waals surface area contributed by atoms with Gasteiger partial charge in [0.2, 0.25) is 11.7 Å². The fourth-order valence-electron chi connectivity index (χ4n) is 1.60. The maximum Gasteiger partial charge on any atom is 0.231 e. The minimum atomic E-state index is -0.478. The van der Waals surface area contributed by atoms with E-state index >= 15 is 0 Å². The van der Waals surface area contributed by atoms with Crippen molar-refractivity contribution in [2.75, 3.05) is 20.2 Å². The van der Waals surface area contributed by atoms with E-state index in [1.54, 1.807) is 7.11 Å². The van der Waals surface area contributed by atoms with Gasteiger partial charge in [0.25, 0.3) is 0 Å². The lowest BCUT2D eigenvalue weighted by molar-refractivity contribution is 0.00973. The predicted molar refractivity (Wildman–Crippen MR) is 54.6 cm³/mol. The van der Waals surface area contributed by atoms with Crippen LogP contribution in [0.3, 0.4) is 0 Å². The lowest BCUT2D eigenvalue weighted by Gasteiger charge is -2.17. The Morgan fingerprint density at radius 2 is 2.33 bits per heavy atom. The van der Waals surface area contributed by atoms with E-state index in [0.717, 1.165) is 25.4 Å². The van der Waals surface area contributed by atoms with Crippen LogP contribution in [-0.4, -0.2) is 30.3 Å². The minimum absolute atomic E-state index is 0.360. The maximum atomic E-state index is 5.30. The average molecular weight is 211 g/mol. The number of rotatable bonds is 3. The van der Waals surface area contributed by atoms with E-state index in [2.05, 4.69) is 15.5 Å². The van der Waals surface area contributed by atoms with Crippen LogP contribution in [0.2, 0.25) is 0 Å². The molecule has 1 aromatic rings. The summed E-state index contributed by atoms with van der Waals surface area (Å²) in [5.41, 5.74) is -0.478. The summed E-state index contributed by atoms with van der Waals surface area (Å²) in [6.07, 6.45) is 1.06. The zero-order valence-corrected chi connectivity index (χ0v) is 9.41. The number of hydrogen-bond acceptors (Lipinski definition) is 5. The van der Waals surface area contributed by atoms with Gasteiger partial charge in [0.15, 0.2) is 0 Å². The quantitative estimate of drug-likeness (QED) is 0.809. The molecule has 15 heavy (non-hydrogen) atoms. The average Bonchev–Trinajstić information content (AvgIpc) is 2.88. The number of ether oxygens (including phenoxy) is 1. The van der Waals surface area contributed by atoms with Gasteiger partial charge in [-0.05, 0) is 26.8 Å². The molecule has 84 valence electrons. The lowest BCUT2D eigenvalue weighted by Crippen LogP contribution is -2.21. The Bertz CT molecular complexity index is 329. The fraction of sp³-hybridized carbons (Fsp3) is 0.800. The molecule has 5 nitrogen and oxygen atoms in total. The summed E-state index contributed by atoms with van der Waals surface area (Å²) in [5.74, 6) is 1.70. The fourth-order valence-corrected chi connectivity index (χ4v) is 1.60. The van der Waals surface area contributed by atoms with Crippen molar-refractivity contribution in [2.24, 2.45) is 0 Å². The Morgan fingerprint density at radius 3 is 2.93 bits per heavy atom. The minimum Gasteiger partial charge on any atom is -0.371 e. The van der Waals surface area contributed by atoms with Crippen LogP contribution in [0.25, 0.3) is 0 Å². The molecule has 2 rings (SSSR count).